The van der Waals surface area contributed by atoms with Crippen LogP contribution in [0.2, 0.25) is 0 Å². The first-order valence-electron chi connectivity index (χ1n) is 8.97. The summed E-state index contributed by atoms with van der Waals surface area (Å²) in [5.74, 6) is 0.834. The molecule has 134 valence electrons. The van der Waals surface area contributed by atoms with Gasteiger partial charge in [0.1, 0.15) is 18.0 Å². The van der Waals surface area contributed by atoms with E-state index in [1.807, 2.05) is 31.2 Å². The summed E-state index contributed by atoms with van der Waals surface area (Å²) in [6, 6.07) is 8.46. The van der Waals surface area contributed by atoms with Crippen molar-refractivity contribution in [1.29, 1.82) is 0 Å². The van der Waals surface area contributed by atoms with Crippen LogP contribution >= 0.6 is 0 Å². The van der Waals surface area contributed by atoms with Crippen LogP contribution in [0.5, 0.6) is 5.75 Å². The summed E-state index contributed by atoms with van der Waals surface area (Å²) in [4.78, 5) is 4.78. The van der Waals surface area contributed by atoms with Crippen LogP contribution in [0.4, 0.5) is 0 Å². The molecule has 2 fully saturated rings. The SMILES string of the molecule is Cc1ccccc1OCC1(O)COCCN(C2CCN(C)CC2)C1. The van der Waals surface area contributed by atoms with Crippen molar-refractivity contribution in [1.82, 2.24) is 9.80 Å². The van der Waals surface area contributed by atoms with Gasteiger partial charge in [0.25, 0.3) is 0 Å². The van der Waals surface area contributed by atoms with Crippen molar-refractivity contribution in [2.75, 3.05) is 53.0 Å². The molecule has 1 N–H and O–H groups in total. The number of para-hydroxylation sites is 1. The number of nitrogens with zero attached hydrogens (tertiary/aromatic N) is 2. The highest BCUT2D eigenvalue weighted by molar-refractivity contribution is 5.31. The Morgan fingerprint density at radius 3 is 2.75 bits per heavy atom. The van der Waals surface area contributed by atoms with Crippen LogP contribution in [-0.2, 0) is 4.74 Å². The van der Waals surface area contributed by atoms with E-state index in [1.165, 1.54) is 0 Å². The zero-order valence-corrected chi connectivity index (χ0v) is 14.9. The Balaban J connectivity index is 1.61. The zero-order chi connectivity index (χ0) is 17.0. The van der Waals surface area contributed by atoms with Crippen LogP contribution in [0, 0.1) is 6.92 Å². The molecule has 0 aromatic heterocycles. The summed E-state index contributed by atoms with van der Waals surface area (Å²) in [5, 5.41) is 11.1. The van der Waals surface area contributed by atoms with Crippen molar-refractivity contribution in [2.24, 2.45) is 0 Å². The van der Waals surface area contributed by atoms with Gasteiger partial charge < -0.3 is 19.5 Å². The first-order valence-corrected chi connectivity index (χ1v) is 8.97. The zero-order valence-electron chi connectivity index (χ0n) is 14.9. The molecule has 2 heterocycles. The van der Waals surface area contributed by atoms with Crippen LogP contribution in [-0.4, -0.2) is 79.6 Å². The highest BCUT2D eigenvalue weighted by Crippen LogP contribution is 2.23. The van der Waals surface area contributed by atoms with Gasteiger partial charge in [0, 0.05) is 19.1 Å². The van der Waals surface area contributed by atoms with Crippen LogP contribution in [0.3, 0.4) is 0 Å². The molecule has 2 aliphatic heterocycles. The fourth-order valence-electron chi connectivity index (χ4n) is 3.64. The summed E-state index contributed by atoms with van der Waals surface area (Å²) in [6.45, 7) is 7.06. The maximum atomic E-state index is 11.1. The molecular formula is C19H30N2O3. The third-order valence-corrected chi connectivity index (χ3v) is 5.19. The van der Waals surface area contributed by atoms with Gasteiger partial charge in [-0.25, -0.2) is 0 Å². The molecule has 5 heteroatoms. The largest absolute Gasteiger partial charge is 0.490 e. The molecule has 0 saturated carbocycles. The van der Waals surface area contributed by atoms with Crippen molar-refractivity contribution in [3.63, 3.8) is 0 Å². The second-order valence-corrected chi connectivity index (χ2v) is 7.34. The van der Waals surface area contributed by atoms with Gasteiger partial charge in [0.05, 0.1) is 13.2 Å². The molecule has 0 aliphatic carbocycles. The molecule has 1 aromatic rings. The van der Waals surface area contributed by atoms with Gasteiger partial charge in [-0.1, -0.05) is 18.2 Å². The monoisotopic (exact) mass is 334 g/mol. The normalized spacial score (nSPS) is 27.8. The first-order chi connectivity index (χ1) is 11.6. The lowest BCUT2D eigenvalue weighted by Gasteiger charge is -2.39. The molecule has 1 atom stereocenters. The van der Waals surface area contributed by atoms with E-state index in [-0.39, 0.29) is 6.61 Å². The van der Waals surface area contributed by atoms with Crippen molar-refractivity contribution >= 4 is 0 Å². The summed E-state index contributed by atoms with van der Waals surface area (Å²) in [7, 11) is 2.17. The molecule has 24 heavy (non-hydrogen) atoms. The molecular weight excluding hydrogens is 304 g/mol. The second kappa shape index (κ2) is 7.83. The fourth-order valence-corrected chi connectivity index (χ4v) is 3.64. The standard InChI is InChI=1S/C19H30N2O3/c1-16-5-3-4-6-18(16)24-15-19(22)13-21(11-12-23-14-19)17-7-9-20(2)10-8-17/h3-6,17,22H,7-15H2,1-2H3. The Hall–Kier alpha value is -1.14. The van der Waals surface area contributed by atoms with Crippen LogP contribution in [0.15, 0.2) is 24.3 Å². The number of aryl methyl sites for hydroxylation is 1. The summed E-state index contributed by atoms with van der Waals surface area (Å²) in [5.41, 5.74) is 0.130. The molecule has 0 spiro atoms. The summed E-state index contributed by atoms with van der Waals surface area (Å²) >= 11 is 0. The topological polar surface area (TPSA) is 45.2 Å². The first kappa shape index (κ1) is 17.7. The Morgan fingerprint density at radius 1 is 1.25 bits per heavy atom. The number of hydrogen-bond donors (Lipinski definition) is 1. The van der Waals surface area contributed by atoms with E-state index in [4.69, 9.17) is 9.47 Å². The number of aliphatic hydroxyl groups is 1. The minimum absolute atomic E-state index is 0.265. The van der Waals surface area contributed by atoms with Crippen molar-refractivity contribution < 1.29 is 14.6 Å². The van der Waals surface area contributed by atoms with Crippen molar-refractivity contribution in [2.45, 2.75) is 31.4 Å². The third-order valence-electron chi connectivity index (χ3n) is 5.19. The fraction of sp³-hybridized carbons (Fsp3) is 0.684. The minimum atomic E-state index is -0.956. The number of rotatable bonds is 4. The Kier molecular flexibility index (Phi) is 5.76. The van der Waals surface area contributed by atoms with Crippen molar-refractivity contribution in [3.8, 4) is 5.75 Å². The highest BCUT2D eigenvalue weighted by Gasteiger charge is 2.36. The molecule has 2 aliphatic rings. The number of hydrogen-bond acceptors (Lipinski definition) is 5. The summed E-state index contributed by atoms with van der Waals surface area (Å²) < 4.78 is 11.6. The van der Waals surface area contributed by atoms with Gasteiger partial charge in [-0.15, -0.1) is 0 Å². The van der Waals surface area contributed by atoms with Gasteiger partial charge in [-0.05, 0) is 51.5 Å². The van der Waals surface area contributed by atoms with Crippen LogP contribution < -0.4 is 4.74 Å². The van der Waals surface area contributed by atoms with E-state index in [2.05, 4.69) is 16.8 Å². The Bertz CT molecular complexity index is 531. The average Bonchev–Trinajstić information content (AvgIpc) is 2.77. The Labute approximate surface area is 145 Å². The van der Waals surface area contributed by atoms with E-state index >= 15 is 0 Å². The van der Waals surface area contributed by atoms with E-state index < -0.39 is 5.60 Å². The van der Waals surface area contributed by atoms with Gasteiger partial charge in [-0.2, -0.15) is 0 Å². The quantitative estimate of drug-likeness (QED) is 0.905. The lowest BCUT2D eigenvalue weighted by molar-refractivity contribution is -0.0688. The number of benzene rings is 1. The molecule has 3 rings (SSSR count). The predicted molar refractivity (Wildman–Crippen MR) is 94.5 cm³/mol. The third kappa shape index (κ3) is 4.48. The molecule has 2 saturated heterocycles. The average molecular weight is 334 g/mol. The van der Waals surface area contributed by atoms with Gasteiger partial charge in [0.2, 0.25) is 0 Å². The number of β-amino-alcohol motifs (C(OH)–C–C–N with tert-alkyl or cyclic N) is 1. The van der Waals surface area contributed by atoms with E-state index in [1.54, 1.807) is 0 Å². The maximum Gasteiger partial charge on any atom is 0.134 e. The lowest BCUT2D eigenvalue weighted by Crippen LogP contribution is -2.53. The molecule has 0 bridgehead atoms. The van der Waals surface area contributed by atoms with Gasteiger partial charge in [-0.3, -0.25) is 4.90 Å². The van der Waals surface area contributed by atoms with Crippen molar-refractivity contribution in [3.05, 3.63) is 29.8 Å². The molecule has 0 radical (unpaired) electrons. The Morgan fingerprint density at radius 2 is 2.00 bits per heavy atom. The van der Waals surface area contributed by atoms with Crippen LogP contribution in [0.25, 0.3) is 0 Å². The summed E-state index contributed by atoms with van der Waals surface area (Å²) in [6.07, 6.45) is 2.32. The smallest absolute Gasteiger partial charge is 0.134 e. The maximum absolute atomic E-state index is 11.1. The van der Waals surface area contributed by atoms with Crippen LogP contribution in [0.1, 0.15) is 18.4 Å². The number of ether oxygens (including phenoxy) is 2. The molecule has 1 unspecified atom stereocenters. The second-order valence-electron chi connectivity index (χ2n) is 7.34. The highest BCUT2D eigenvalue weighted by atomic mass is 16.5. The van der Waals surface area contributed by atoms with E-state index in [9.17, 15) is 5.11 Å². The lowest BCUT2D eigenvalue weighted by atomic mass is 10.00. The van der Waals surface area contributed by atoms with Gasteiger partial charge >= 0.3 is 0 Å². The molecule has 0 amide bonds. The number of likely N-dealkylation sites (tertiary alicyclic amines) is 1. The molecule has 1 aromatic carbocycles. The predicted octanol–water partition coefficient (Wildman–Crippen LogP) is 1.53. The van der Waals surface area contributed by atoms with E-state index in [0.717, 1.165) is 43.8 Å². The minimum Gasteiger partial charge on any atom is -0.490 e. The molecule has 5 nitrogen and oxygen atoms in total. The van der Waals surface area contributed by atoms with Gasteiger partial charge in [0.15, 0.2) is 0 Å². The van der Waals surface area contributed by atoms with E-state index in [0.29, 0.717) is 25.8 Å². The number of piperidine rings is 1.